The highest BCUT2D eigenvalue weighted by Crippen LogP contribution is 2.23. The summed E-state index contributed by atoms with van der Waals surface area (Å²) in [4.78, 5) is 17.8. The molecule has 0 aliphatic carbocycles. The van der Waals surface area contributed by atoms with Crippen molar-refractivity contribution in [2.45, 2.75) is 0 Å². The van der Waals surface area contributed by atoms with Crippen LogP contribution in [0, 0.1) is 0 Å². The summed E-state index contributed by atoms with van der Waals surface area (Å²) in [6, 6.07) is 8.42. The van der Waals surface area contributed by atoms with Gasteiger partial charge in [-0.2, -0.15) is 4.98 Å². The Morgan fingerprint density at radius 1 is 1.08 bits per heavy atom. The topological polar surface area (TPSA) is 62.1 Å². The van der Waals surface area contributed by atoms with Crippen LogP contribution in [0.15, 0.2) is 53.7 Å². The lowest BCUT2D eigenvalue weighted by molar-refractivity contribution is 0.313. The van der Waals surface area contributed by atoms with Crippen LogP contribution in [0.4, 0.5) is 17.3 Å². The zero-order valence-corrected chi connectivity index (χ0v) is 16.1. The molecule has 3 heterocycles. The molecule has 0 amide bonds. The molecular formula is C18H20BrN7. The van der Waals surface area contributed by atoms with E-state index in [1.165, 1.54) is 5.69 Å². The molecule has 1 aliphatic rings. The molecule has 1 aliphatic heterocycles. The maximum Gasteiger partial charge on any atom is 0.229 e. The molecule has 0 spiro atoms. The summed E-state index contributed by atoms with van der Waals surface area (Å²) in [5.41, 5.74) is 2.21. The fourth-order valence-electron chi connectivity index (χ4n) is 2.93. The number of imidazole rings is 1. The third-order valence-corrected chi connectivity index (χ3v) is 5.03. The van der Waals surface area contributed by atoms with E-state index in [1.807, 2.05) is 10.8 Å². The normalized spacial score (nSPS) is 15.2. The molecule has 0 radical (unpaired) electrons. The Bertz CT molecular complexity index is 856. The first-order valence-corrected chi connectivity index (χ1v) is 9.30. The van der Waals surface area contributed by atoms with Gasteiger partial charge in [-0.1, -0.05) is 0 Å². The summed E-state index contributed by atoms with van der Waals surface area (Å²) in [6.45, 7) is 4.33. The molecule has 0 atom stereocenters. The van der Waals surface area contributed by atoms with Gasteiger partial charge in [-0.25, -0.2) is 9.97 Å². The number of halogens is 1. The summed E-state index contributed by atoms with van der Waals surface area (Å²) in [6.07, 6.45) is 7.02. The lowest BCUT2D eigenvalue weighted by atomic mass is 10.2. The first-order valence-electron chi connectivity index (χ1n) is 8.50. The van der Waals surface area contributed by atoms with E-state index in [4.69, 9.17) is 0 Å². The maximum absolute atomic E-state index is 4.57. The Balaban J connectivity index is 1.48. The molecule has 26 heavy (non-hydrogen) atoms. The molecular weight excluding hydrogens is 394 g/mol. The lowest BCUT2D eigenvalue weighted by Gasteiger charge is -2.34. The quantitative estimate of drug-likeness (QED) is 0.709. The van der Waals surface area contributed by atoms with Crippen molar-refractivity contribution in [3.8, 4) is 5.82 Å². The van der Waals surface area contributed by atoms with Crippen LogP contribution in [0.3, 0.4) is 0 Å². The molecule has 3 aromatic rings. The van der Waals surface area contributed by atoms with Gasteiger partial charge in [-0.3, -0.25) is 4.57 Å². The zero-order chi connectivity index (χ0) is 17.9. The van der Waals surface area contributed by atoms with Gasteiger partial charge in [-0.05, 0) is 47.2 Å². The predicted octanol–water partition coefficient (Wildman–Crippen LogP) is 2.92. The standard InChI is InChI=1S/C18H20BrN7/c1-24-8-10-25(11-9-24)15-4-2-14(3-5-15)22-18-21-12-16(19)17(23-18)26-7-6-20-13-26/h2-7,12-13H,8-11H2,1H3,(H,21,22,23). The van der Waals surface area contributed by atoms with E-state index < -0.39 is 0 Å². The van der Waals surface area contributed by atoms with Gasteiger partial charge in [0.25, 0.3) is 0 Å². The molecule has 0 bridgehead atoms. The minimum absolute atomic E-state index is 0.546. The van der Waals surface area contributed by atoms with E-state index >= 15 is 0 Å². The average molecular weight is 414 g/mol. The number of rotatable bonds is 4. The van der Waals surface area contributed by atoms with Crippen LogP contribution in [0.5, 0.6) is 0 Å². The van der Waals surface area contributed by atoms with Gasteiger partial charge in [-0.15, -0.1) is 0 Å². The van der Waals surface area contributed by atoms with Crippen LogP contribution in [-0.2, 0) is 0 Å². The molecule has 8 heteroatoms. The van der Waals surface area contributed by atoms with Gasteiger partial charge < -0.3 is 15.1 Å². The number of benzene rings is 1. The van der Waals surface area contributed by atoms with E-state index in [0.717, 1.165) is 42.2 Å². The summed E-state index contributed by atoms with van der Waals surface area (Å²) in [5, 5.41) is 3.27. The van der Waals surface area contributed by atoms with E-state index in [1.54, 1.807) is 18.7 Å². The van der Waals surface area contributed by atoms with Gasteiger partial charge >= 0.3 is 0 Å². The Labute approximate surface area is 160 Å². The number of hydrogen-bond donors (Lipinski definition) is 1. The molecule has 0 unspecified atom stereocenters. The predicted molar refractivity (Wildman–Crippen MR) is 106 cm³/mol. The van der Waals surface area contributed by atoms with E-state index in [2.05, 4.69) is 77.3 Å². The van der Waals surface area contributed by atoms with Crippen molar-refractivity contribution in [3.63, 3.8) is 0 Å². The first-order chi connectivity index (χ1) is 12.7. The van der Waals surface area contributed by atoms with Crippen LogP contribution in [0.1, 0.15) is 0 Å². The minimum atomic E-state index is 0.546. The Hall–Kier alpha value is -2.45. The molecule has 1 aromatic carbocycles. The van der Waals surface area contributed by atoms with E-state index in [9.17, 15) is 0 Å². The van der Waals surface area contributed by atoms with E-state index in [0.29, 0.717) is 5.95 Å². The second-order valence-corrected chi connectivity index (χ2v) is 7.15. The molecule has 7 nitrogen and oxygen atoms in total. The van der Waals surface area contributed by atoms with Crippen LogP contribution >= 0.6 is 15.9 Å². The van der Waals surface area contributed by atoms with Crippen molar-refractivity contribution in [2.24, 2.45) is 0 Å². The highest BCUT2D eigenvalue weighted by atomic mass is 79.9. The molecule has 1 saturated heterocycles. The van der Waals surface area contributed by atoms with Crippen LogP contribution in [0.25, 0.3) is 5.82 Å². The fraction of sp³-hybridized carbons (Fsp3) is 0.278. The van der Waals surface area contributed by atoms with Crippen molar-refractivity contribution in [1.82, 2.24) is 24.4 Å². The highest BCUT2D eigenvalue weighted by molar-refractivity contribution is 9.10. The summed E-state index contributed by atoms with van der Waals surface area (Å²) in [5.74, 6) is 1.29. The van der Waals surface area contributed by atoms with Crippen molar-refractivity contribution < 1.29 is 0 Å². The second kappa shape index (κ2) is 7.43. The fourth-order valence-corrected chi connectivity index (χ4v) is 3.33. The number of aromatic nitrogens is 4. The minimum Gasteiger partial charge on any atom is -0.369 e. The summed E-state index contributed by atoms with van der Waals surface area (Å²) < 4.78 is 2.65. The smallest absolute Gasteiger partial charge is 0.229 e. The van der Waals surface area contributed by atoms with Gasteiger partial charge in [0.2, 0.25) is 5.95 Å². The number of anilines is 3. The largest absolute Gasteiger partial charge is 0.369 e. The third-order valence-electron chi connectivity index (χ3n) is 4.47. The molecule has 1 N–H and O–H groups in total. The first kappa shape index (κ1) is 17.0. The Morgan fingerprint density at radius 2 is 1.85 bits per heavy atom. The molecule has 0 saturated carbocycles. The maximum atomic E-state index is 4.57. The summed E-state index contributed by atoms with van der Waals surface area (Å²) in [7, 11) is 2.17. The summed E-state index contributed by atoms with van der Waals surface area (Å²) >= 11 is 3.48. The lowest BCUT2D eigenvalue weighted by Crippen LogP contribution is -2.44. The number of likely N-dealkylation sites (N-methyl/N-ethyl adjacent to an activating group) is 1. The molecule has 1 fully saturated rings. The number of hydrogen-bond acceptors (Lipinski definition) is 6. The van der Waals surface area contributed by atoms with Crippen LogP contribution in [0.2, 0.25) is 0 Å². The monoisotopic (exact) mass is 413 g/mol. The SMILES string of the molecule is CN1CCN(c2ccc(Nc3ncc(Br)c(-n4ccnc4)n3)cc2)CC1. The number of nitrogens with zero attached hydrogens (tertiary/aromatic N) is 6. The number of nitrogens with one attached hydrogen (secondary N) is 1. The Kier molecular flexibility index (Phi) is 4.85. The van der Waals surface area contributed by atoms with Gasteiger partial charge in [0, 0.05) is 56.1 Å². The van der Waals surface area contributed by atoms with Crippen molar-refractivity contribution in [3.05, 3.63) is 53.7 Å². The van der Waals surface area contributed by atoms with Crippen LogP contribution in [-0.4, -0.2) is 57.6 Å². The zero-order valence-electron chi connectivity index (χ0n) is 14.5. The average Bonchev–Trinajstić information content (AvgIpc) is 3.19. The van der Waals surface area contributed by atoms with Crippen LogP contribution < -0.4 is 10.2 Å². The van der Waals surface area contributed by atoms with Gasteiger partial charge in [0.1, 0.15) is 6.33 Å². The molecule has 134 valence electrons. The molecule has 2 aromatic heterocycles. The second-order valence-electron chi connectivity index (χ2n) is 6.30. The van der Waals surface area contributed by atoms with Crippen molar-refractivity contribution >= 4 is 33.3 Å². The third kappa shape index (κ3) is 3.71. The van der Waals surface area contributed by atoms with Gasteiger partial charge in [0.05, 0.1) is 4.47 Å². The number of piperazine rings is 1. The van der Waals surface area contributed by atoms with Gasteiger partial charge in [0.15, 0.2) is 5.82 Å². The van der Waals surface area contributed by atoms with Crippen molar-refractivity contribution in [1.29, 1.82) is 0 Å². The highest BCUT2D eigenvalue weighted by Gasteiger charge is 2.14. The molecule has 4 rings (SSSR count). The van der Waals surface area contributed by atoms with E-state index in [-0.39, 0.29) is 0 Å². The Morgan fingerprint density at radius 3 is 2.54 bits per heavy atom. The van der Waals surface area contributed by atoms with Crippen molar-refractivity contribution in [2.75, 3.05) is 43.4 Å².